The van der Waals surface area contributed by atoms with E-state index < -0.39 is 0 Å². The van der Waals surface area contributed by atoms with E-state index in [1.54, 1.807) is 0 Å². The second kappa shape index (κ2) is 4.32. The molecule has 3 aliphatic rings. The lowest BCUT2D eigenvalue weighted by Crippen LogP contribution is -2.26. The van der Waals surface area contributed by atoms with E-state index >= 15 is 0 Å². The van der Waals surface area contributed by atoms with Crippen LogP contribution in [-0.4, -0.2) is 24.5 Å². The first kappa shape index (κ1) is 11.4. The Morgan fingerprint density at radius 1 is 1.21 bits per heavy atom. The van der Waals surface area contributed by atoms with Crippen LogP contribution in [-0.2, 0) is 25.6 Å². The third-order valence-electron chi connectivity index (χ3n) is 4.33. The molecule has 1 aromatic rings. The zero-order valence-electron chi connectivity index (χ0n) is 10.5. The van der Waals surface area contributed by atoms with Crippen molar-refractivity contribution in [1.82, 2.24) is 0 Å². The van der Waals surface area contributed by atoms with Crippen LogP contribution in [0.1, 0.15) is 18.4 Å². The number of esters is 1. The number of carbonyl (C=O) groups excluding carboxylic acids is 1. The fraction of sp³-hybridized carbons (Fsp3) is 0.533. The molecule has 1 aliphatic carbocycles. The van der Waals surface area contributed by atoms with Gasteiger partial charge in [-0.15, -0.1) is 0 Å². The number of epoxide rings is 1. The number of hydrogen-bond acceptors (Lipinski definition) is 4. The van der Waals surface area contributed by atoms with Gasteiger partial charge < -0.3 is 14.2 Å². The summed E-state index contributed by atoms with van der Waals surface area (Å²) in [5.74, 6) is 0.148. The van der Waals surface area contributed by atoms with Gasteiger partial charge in [-0.2, -0.15) is 0 Å². The van der Waals surface area contributed by atoms with Crippen LogP contribution in [0, 0.1) is 11.8 Å². The van der Waals surface area contributed by atoms with E-state index in [1.165, 1.54) is 0 Å². The number of hydrogen-bond donors (Lipinski definition) is 0. The molecule has 4 rings (SSSR count). The second-order valence-electron chi connectivity index (χ2n) is 5.56. The van der Waals surface area contributed by atoms with Crippen LogP contribution >= 0.6 is 0 Å². The number of benzene rings is 1. The third-order valence-corrected chi connectivity index (χ3v) is 4.33. The molecule has 0 radical (unpaired) electrons. The van der Waals surface area contributed by atoms with Gasteiger partial charge in [0.1, 0.15) is 12.7 Å². The van der Waals surface area contributed by atoms with E-state index in [0.717, 1.165) is 18.4 Å². The number of carbonyl (C=O) groups is 1. The molecule has 4 nitrogen and oxygen atoms in total. The molecule has 2 aliphatic heterocycles. The lowest BCUT2D eigenvalue weighted by molar-refractivity contribution is -0.151. The summed E-state index contributed by atoms with van der Waals surface area (Å²) in [6.07, 6.45) is 1.99. The first-order valence-electron chi connectivity index (χ1n) is 6.83. The Hall–Kier alpha value is -1.39. The SMILES string of the molecule is O=C(OCc1ccccc1)C1CC2CC1C1OC1O2. The molecular formula is C15H16O4. The topological polar surface area (TPSA) is 48.1 Å². The lowest BCUT2D eigenvalue weighted by Gasteiger charge is -2.17. The summed E-state index contributed by atoms with van der Waals surface area (Å²) in [4.78, 5) is 12.2. The Labute approximate surface area is 111 Å². The highest BCUT2D eigenvalue weighted by Crippen LogP contribution is 2.50. The minimum atomic E-state index is -0.101. The molecule has 2 heterocycles. The van der Waals surface area contributed by atoms with Crippen LogP contribution in [0.15, 0.2) is 30.3 Å². The van der Waals surface area contributed by atoms with Crippen LogP contribution in [0.5, 0.6) is 0 Å². The van der Waals surface area contributed by atoms with Gasteiger partial charge in [0, 0.05) is 5.92 Å². The molecule has 2 saturated heterocycles. The molecule has 100 valence electrons. The largest absolute Gasteiger partial charge is 0.461 e. The molecular weight excluding hydrogens is 244 g/mol. The lowest BCUT2D eigenvalue weighted by atomic mass is 9.92. The monoisotopic (exact) mass is 260 g/mol. The summed E-state index contributed by atoms with van der Waals surface area (Å²) < 4.78 is 16.5. The van der Waals surface area contributed by atoms with E-state index in [2.05, 4.69) is 0 Å². The van der Waals surface area contributed by atoms with E-state index in [4.69, 9.17) is 14.2 Å². The van der Waals surface area contributed by atoms with Gasteiger partial charge >= 0.3 is 5.97 Å². The van der Waals surface area contributed by atoms with Crippen molar-refractivity contribution in [2.75, 3.05) is 0 Å². The van der Waals surface area contributed by atoms with Crippen molar-refractivity contribution in [2.24, 2.45) is 11.8 Å². The molecule has 5 atom stereocenters. The molecule has 4 heteroatoms. The standard InChI is InChI=1S/C15H16O4/c16-14(17-8-9-4-2-1-3-5-9)12-7-10-6-11(12)13-15(18-10)19-13/h1-5,10-13,15H,6-8H2. The first-order chi connectivity index (χ1) is 9.31. The van der Waals surface area contributed by atoms with Crippen molar-refractivity contribution >= 4 is 5.97 Å². The average Bonchev–Trinajstić information content (AvgIpc) is 3.13. The van der Waals surface area contributed by atoms with Crippen LogP contribution < -0.4 is 0 Å². The van der Waals surface area contributed by atoms with Crippen molar-refractivity contribution in [3.63, 3.8) is 0 Å². The van der Waals surface area contributed by atoms with Crippen molar-refractivity contribution < 1.29 is 19.0 Å². The van der Waals surface area contributed by atoms with E-state index in [-0.39, 0.29) is 30.4 Å². The van der Waals surface area contributed by atoms with Crippen molar-refractivity contribution in [2.45, 2.75) is 37.9 Å². The predicted octanol–water partition coefficient (Wildman–Crippen LogP) is 1.88. The van der Waals surface area contributed by atoms with Gasteiger partial charge in [-0.1, -0.05) is 30.3 Å². The fourth-order valence-electron chi connectivity index (χ4n) is 3.31. The molecule has 5 unspecified atom stereocenters. The minimum Gasteiger partial charge on any atom is -0.461 e. The van der Waals surface area contributed by atoms with Crippen molar-refractivity contribution in [1.29, 1.82) is 0 Å². The summed E-state index contributed by atoms with van der Waals surface area (Å²) >= 11 is 0. The normalized spacial score (nSPS) is 38.6. The molecule has 2 bridgehead atoms. The maximum Gasteiger partial charge on any atom is 0.309 e. The molecule has 1 aromatic carbocycles. The summed E-state index contributed by atoms with van der Waals surface area (Å²) in [6.45, 7) is 0.351. The fourth-order valence-corrected chi connectivity index (χ4v) is 3.31. The van der Waals surface area contributed by atoms with Crippen molar-refractivity contribution in [3.8, 4) is 0 Å². The molecule has 3 fully saturated rings. The molecule has 0 spiro atoms. The summed E-state index contributed by atoms with van der Waals surface area (Å²) in [6, 6.07) is 9.77. The molecule has 0 amide bonds. The van der Waals surface area contributed by atoms with Crippen LogP contribution in [0.4, 0.5) is 0 Å². The maximum absolute atomic E-state index is 12.2. The van der Waals surface area contributed by atoms with Crippen LogP contribution in [0.25, 0.3) is 0 Å². The Morgan fingerprint density at radius 3 is 2.89 bits per heavy atom. The van der Waals surface area contributed by atoms with Gasteiger partial charge in [0.2, 0.25) is 0 Å². The second-order valence-corrected chi connectivity index (χ2v) is 5.56. The molecule has 0 N–H and O–H groups in total. The highest BCUT2D eigenvalue weighted by Gasteiger charge is 2.60. The van der Waals surface area contributed by atoms with Crippen LogP contribution in [0.3, 0.4) is 0 Å². The number of ether oxygens (including phenoxy) is 3. The maximum atomic E-state index is 12.2. The van der Waals surface area contributed by atoms with E-state index in [0.29, 0.717) is 12.5 Å². The quantitative estimate of drug-likeness (QED) is 0.615. The van der Waals surface area contributed by atoms with Gasteiger partial charge in [0.05, 0.1) is 12.0 Å². The highest BCUT2D eigenvalue weighted by atomic mass is 16.8. The van der Waals surface area contributed by atoms with E-state index in [9.17, 15) is 4.79 Å². The molecule has 0 aromatic heterocycles. The Kier molecular flexibility index (Phi) is 2.60. The number of rotatable bonds is 3. The Balaban J connectivity index is 1.39. The third kappa shape index (κ3) is 2.05. The number of fused-ring (bicyclic) bond motifs is 4. The zero-order chi connectivity index (χ0) is 12.8. The van der Waals surface area contributed by atoms with Gasteiger partial charge in [-0.25, -0.2) is 0 Å². The van der Waals surface area contributed by atoms with Gasteiger partial charge in [0.25, 0.3) is 0 Å². The van der Waals surface area contributed by atoms with E-state index in [1.807, 2.05) is 30.3 Å². The summed E-state index contributed by atoms with van der Waals surface area (Å²) in [5.41, 5.74) is 1.02. The average molecular weight is 260 g/mol. The molecule has 19 heavy (non-hydrogen) atoms. The smallest absolute Gasteiger partial charge is 0.309 e. The summed E-state index contributed by atoms with van der Waals surface area (Å²) in [7, 11) is 0. The van der Waals surface area contributed by atoms with Crippen molar-refractivity contribution in [3.05, 3.63) is 35.9 Å². The minimum absolute atomic E-state index is 0.0457. The predicted molar refractivity (Wildman–Crippen MR) is 66.0 cm³/mol. The first-order valence-corrected chi connectivity index (χ1v) is 6.83. The zero-order valence-corrected chi connectivity index (χ0v) is 10.5. The van der Waals surface area contributed by atoms with Gasteiger partial charge in [-0.3, -0.25) is 4.79 Å². The summed E-state index contributed by atoms with van der Waals surface area (Å²) in [5, 5.41) is 0. The Morgan fingerprint density at radius 2 is 2.05 bits per heavy atom. The Bertz CT molecular complexity index is 486. The van der Waals surface area contributed by atoms with Crippen LogP contribution in [0.2, 0.25) is 0 Å². The molecule has 1 saturated carbocycles. The highest BCUT2D eigenvalue weighted by molar-refractivity contribution is 5.73. The van der Waals surface area contributed by atoms with Gasteiger partial charge in [0.15, 0.2) is 6.29 Å². The van der Waals surface area contributed by atoms with Gasteiger partial charge in [-0.05, 0) is 18.4 Å².